The van der Waals surface area contributed by atoms with Gasteiger partial charge in [0.15, 0.2) is 0 Å². The molecule has 1 aromatic rings. The van der Waals surface area contributed by atoms with Crippen LogP contribution in [0, 0.1) is 0 Å². The van der Waals surface area contributed by atoms with Gasteiger partial charge in [0.05, 0.1) is 5.60 Å². The zero-order valence-electron chi connectivity index (χ0n) is 10.8. The van der Waals surface area contributed by atoms with E-state index in [0.717, 1.165) is 10.8 Å². The predicted molar refractivity (Wildman–Crippen MR) is 72.1 cm³/mol. The summed E-state index contributed by atoms with van der Waals surface area (Å²) >= 11 is 1.59. The van der Waals surface area contributed by atoms with Gasteiger partial charge in [0.25, 0.3) is 0 Å². The summed E-state index contributed by atoms with van der Waals surface area (Å²) in [4.78, 5) is 10.4. The average Bonchev–Trinajstić information content (AvgIpc) is 2.39. The number of ether oxygens (including phenoxy) is 1. The molecule has 18 heavy (non-hydrogen) atoms. The van der Waals surface area contributed by atoms with Gasteiger partial charge in [-0.3, -0.25) is 0 Å². The Bertz CT molecular complexity index is 397. The first-order valence-corrected chi connectivity index (χ1v) is 7.23. The van der Waals surface area contributed by atoms with Crippen LogP contribution in [0.1, 0.15) is 12.8 Å². The highest BCUT2D eigenvalue weighted by atomic mass is 32.2. The van der Waals surface area contributed by atoms with Crippen LogP contribution < -0.4 is 4.90 Å². The summed E-state index contributed by atoms with van der Waals surface area (Å²) in [5, 5.41) is 11.4. The number of thioether (sulfide) groups is 1. The van der Waals surface area contributed by atoms with Crippen molar-refractivity contribution in [2.24, 2.45) is 0 Å². The molecule has 1 aliphatic rings. The molecule has 0 aliphatic carbocycles. The largest absolute Gasteiger partial charge is 0.388 e. The third-order valence-electron chi connectivity index (χ3n) is 3.18. The van der Waals surface area contributed by atoms with Crippen molar-refractivity contribution in [2.45, 2.75) is 23.5 Å². The molecule has 0 radical (unpaired) electrons. The Kier molecular flexibility index (Phi) is 4.42. The van der Waals surface area contributed by atoms with E-state index >= 15 is 0 Å². The third kappa shape index (κ3) is 3.34. The van der Waals surface area contributed by atoms with Crippen LogP contribution >= 0.6 is 11.8 Å². The molecule has 1 aliphatic heterocycles. The number of aromatic nitrogens is 2. The van der Waals surface area contributed by atoms with Crippen LogP contribution in [0.5, 0.6) is 0 Å². The lowest BCUT2D eigenvalue weighted by molar-refractivity contribution is -0.0573. The molecule has 2 heterocycles. The first-order valence-electron chi connectivity index (χ1n) is 6.00. The Morgan fingerprint density at radius 2 is 2.17 bits per heavy atom. The lowest BCUT2D eigenvalue weighted by Gasteiger charge is -2.35. The fourth-order valence-electron chi connectivity index (χ4n) is 2.08. The van der Waals surface area contributed by atoms with Crippen LogP contribution in [0.2, 0.25) is 0 Å². The molecule has 2 rings (SSSR count). The van der Waals surface area contributed by atoms with E-state index in [0.29, 0.717) is 32.6 Å². The zero-order valence-corrected chi connectivity index (χ0v) is 11.6. The number of hydrogen-bond donors (Lipinski definition) is 1. The maximum Gasteiger partial charge on any atom is 0.132 e. The molecule has 0 saturated carbocycles. The molecule has 1 fully saturated rings. The highest BCUT2D eigenvalue weighted by molar-refractivity contribution is 7.98. The third-order valence-corrected chi connectivity index (χ3v) is 3.82. The molecule has 0 spiro atoms. The van der Waals surface area contributed by atoms with Crippen molar-refractivity contribution in [2.75, 3.05) is 38.0 Å². The van der Waals surface area contributed by atoms with Crippen molar-refractivity contribution < 1.29 is 9.84 Å². The van der Waals surface area contributed by atoms with Crippen molar-refractivity contribution in [3.05, 3.63) is 12.4 Å². The van der Waals surface area contributed by atoms with Crippen LogP contribution in [0.25, 0.3) is 0 Å². The van der Waals surface area contributed by atoms with Gasteiger partial charge in [-0.05, 0) is 6.26 Å². The summed E-state index contributed by atoms with van der Waals surface area (Å²) < 4.78 is 5.28. The maximum absolute atomic E-state index is 10.5. The van der Waals surface area contributed by atoms with Crippen molar-refractivity contribution in [3.8, 4) is 0 Å². The second-order valence-corrected chi connectivity index (χ2v) is 5.44. The quantitative estimate of drug-likeness (QED) is 0.654. The summed E-state index contributed by atoms with van der Waals surface area (Å²) in [6.45, 7) is 1.83. The van der Waals surface area contributed by atoms with E-state index in [1.54, 1.807) is 18.1 Å². The number of aliphatic hydroxyl groups is 1. The van der Waals surface area contributed by atoms with Crippen molar-refractivity contribution in [1.82, 2.24) is 9.97 Å². The smallest absolute Gasteiger partial charge is 0.132 e. The monoisotopic (exact) mass is 269 g/mol. The van der Waals surface area contributed by atoms with E-state index in [2.05, 4.69) is 9.97 Å². The number of likely N-dealkylation sites (N-methyl/N-ethyl adjacent to an activating group) is 1. The second-order valence-electron chi connectivity index (χ2n) is 4.61. The van der Waals surface area contributed by atoms with E-state index in [-0.39, 0.29) is 0 Å². The molecule has 0 unspecified atom stereocenters. The van der Waals surface area contributed by atoms with Gasteiger partial charge in [0, 0.05) is 45.7 Å². The first-order chi connectivity index (χ1) is 8.63. The number of anilines is 1. The Balaban J connectivity index is 2.03. The van der Waals surface area contributed by atoms with Crippen molar-refractivity contribution >= 4 is 17.6 Å². The van der Waals surface area contributed by atoms with E-state index in [9.17, 15) is 5.11 Å². The van der Waals surface area contributed by atoms with Gasteiger partial charge in [-0.1, -0.05) is 0 Å². The predicted octanol–water partition coefficient (Wildman–Crippen LogP) is 1.18. The molecule has 0 aromatic carbocycles. The highest BCUT2D eigenvalue weighted by Crippen LogP contribution is 2.24. The topological polar surface area (TPSA) is 58.5 Å². The lowest BCUT2D eigenvalue weighted by atomic mass is 9.94. The lowest BCUT2D eigenvalue weighted by Crippen LogP contribution is -2.46. The van der Waals surface area contributed by atoms with E-state index < -0.39 is 5.60 Å². The van der Waals surface area contributed by atoms with Crippen LogP contribution in [-0.2, 0) is 4.74 Å². The van der Waals surface area contributed by atoms with Gasteiger partial charge < -0.3 is 14.7 Å². The minimum absolute atomic E-state index is 0.571. The van der Waals surface area contributed by atoms with Gasteiger partial charge >= 0.3 is 0 Å². The van der Waals surface area contributed by atoms with Crippen molar-refractivity contribution in [3.63, 3.8) is 0 Å². The number of rotatable bonds is 4. The Labute approximate surface area is 112 Å². The van der Waals surface area contributed by atoms with Gasteiger partial charge in [-0.2, -0.15) is 0 Å². The van der Waals surface area contributed by atoms with Crippen LogP contribution in [0.3, 0.4) is 0 Å². The Morgan fingerprint density at radius 1 is 1.44 bits per heavy atom. The molecule has 1 saturated heterocycles. The maximum atomic E-state index is 10.5. The standard InChI is InChI=1S/C12H19N3O2S/c1-15(8-12(16)3-5-17-6-4-12)10-7-11(18-2)14-9-13-10/h7,9,16H,3-6,8H2,1-2H3. The number of hydrogen-bond acceptors (Lipinski definition) is 6. The Morgan fingerprint density at radius 3 is 2.83 bits per heavy atom. The SMILES string of the molecule is CSc1cc(N(C)CC2(O)CCOCC2)ncn1. The number of nitrogens with zero attached hydrogens (tertiary/aromatic N) is 3. The first kappa shape index (κ1) is 13.6. The van der Waals surface area contributed by atoms with Gasteiger partial charge in [0.1, 0.15) is 17.2 Å². The average molecular weight is 269 g/mol. The molecule has 100 valence electrons. The minimum Gasteiger partial charge on any atom is -0.388 e. The zero-order chi connectivity index (χ0) is 13.0. The summed E-state index contributed by atoms with van der Waals surface area (Å²) in [6.07, 6.45) is 4.90. The summed E-state index contributed by atoms with van der Waals surface area (Å²) in [6, 6.07) is 1.94. The van der Waals surface area contributed by atoms with Gasteiger partial charge in [-0.15, -0.1) is 11.8 Å². The normalized spacial score (nSPS) is 18.6. The molecule has 5 nitrogen and oxygen atoms in total. The van der Waals surface area contributed by atoms with E-state index in [1.807, 2.05) is 24.3 Å². The van der Waals surface area contributed by atoms with Crippen LogP contribution in [0.4, 0.5) is 5.82 Å². The highest BCUT2D eigenvalue weighted by Gasteiger charge is 2.31. The fraction of sp³-hybridized carbons (Fsp3) is 0.667. The molecular formula is C12H19N3O2S. The van der Waals surface area contributed by atoms with Gasteiger partial charge in [-0.25, -0.2) is 9.97 Å². The van der Waals surface area contributed by atoms with Crippen LogP contribution in [0.15, 0.2) is 17.4 Å². The molecule has 6 heteroatoms. The van der Waals surface area contributed by atoms with Crippen LogP contribution in [-0.4, -0.2) is 53.7 Å². The molecule has 0 bridgehead atoms. The summed E-state index contributed by atoms with van der Waals surface area (Å²) in [5.41, 5.74) is -0.669. The molecule has 0 atom stereocenters. The molecule has 1 aromatic heterocycles. The fourth-order valence-corrected chi connectivity index (χ4v) is 2.46. The molecular weight excluding hydrogens is 250 g/mol. The minimum atomic E-state index is -0.669. The van der Waals surface area contributed by atoms with Gasteiger partial charge in [0.2, 0.25) is 0 Å². The van der Waals surface area contributed by atoms with Crippen molar-refractivity contribution in [1.29, 1.82) is 0 Å². The molecule has 0 amide bonds. The summed E-state index contributed by atoms with van der Waals surface area (Å²) in [5.74, 6) is 0.842. The second kappa shape index (κ2) is 5.86. The Hall–Kier alpha value is -0.850. The molecule has 1 N–H and O–H groups in total. The van der Waals surface area contributed by atoms with E-state index in [4.69, 9.17) is 4.74 Å². The summed E-state index contributed by atoms with van der Waals surface area (Å²) in [7, 11) is 1.94. The van der Waals surface area contributed by atoms with E-state index in [1.165, 1.54) is 0 Å².